The number of carbonyl (C=O) groups excluding carboxylic acids is 1. The number of quaternary nitrogens is 1. The zero-order valence-corrected chi connectivity index (χ0v) is 23.0. The highest BCUT2D eigenvalue weighted by atomic mass is 79.9. The molecule has 4 heteroatoms. The molecule has 0 aliphatic heterocycles. The van der Waals surface area contributed by atoms with Crippen LogP contribution in [-0.4, -0.2) is 44.1 Å². The van der Waals surface area contributed by atoms with E-state index in [1.54, 1.807) is 0 Å². The second-order valence-electron chi connectivity index (χ2n) is 9.86. The molecule has 0 spiro atoms. The zero-order chi connectivity index (χ0) is 22.3. The predicted molar refractivity (Wildman–Crippen MR) is 134 cm³/mol. The molecule has 0 aliphatic rings. The molecule has 1 N–H and O–H groups in total. The fourth-order valence-corrected chi connectivity index (χ4v) is 4.01. The van der Waals surface area contributed by atoms with E-state index in [-0.39, 0.29) is 22.9 Å². The number of halogens is 1. The number of likely N-dealkylation sites (N-methyl/N-ethyl adjacent to an activating group) is 1. The summed E-state index contributed by atoms with van der Waals surface area (Å²) >= 11 is 0. The first kappa shape index (κ1) is 32.8. The van der Waals surface area contributed by atoms with Crippen LogP contribution in [0.15, 0.2) is 12.7 Å². The molecule has 0 aromatic heterocycles. The average molecular weight is 504 g/mol. The number of allylic oxidation sites excluding steroid dienone is 1. The maximum atomic E-state index is 12.0. The average Bonchev–Trinajstić information content (AvgIpc) is 2.71. The first-order valence-electron chi connectivity index (χ1n) is 13.2. The van der Waals surface area contributed by atoms with Crippen LogP contribution in [0.2, 0.25) is 0 Å². The molecular weight excluding hydrogens is 448 g/mol. The summed E-state index contributed by atoms with van der Waals surface area (Å²) in [5.74, 6) is 0.237. The topological polar surface area (TPSA) is 29.1 Å². The van der Waals surface area contributed by atoms with Gasteiger partial charge in [-0.05, 0) is 32.1 Å². The molecule has 0 saturated heterocycles. The van der Waals surface area contributed by atoms with Gasteiger partial charge in [0.05, 0.1) is 33.7 Å². The fourth-order valence-electron chi connectivity index (χ4n) is 4.01. The van der Waals surface area contributed by atoms with Crippen molar-refractivity contribution in [1.82, 2.24) is 5.32 Å². The van der Waals surface area contributed by atoms with Crippen LogP contribution >= 0.6 is 0 Å². The Labute approximate surface area is 206 Å². The molecule has 31 heavy (non-hydrogen) atoms. The number of hydrogen-bond acceptors (Lipinski definition) is 1. The van der Waals surface area contributed by atoms with Gasteiger partial charge in [-0.3, -0.25) is 4.79 Å². The van der Waals surface area contributed by atoms with Gasteiger partial charge in [-0.25, -0.2) is 0 Å². The molecule has 0 atom stereocenters. The third kappa shape index (κ3) is 25.8. The van der Waals surface area contributed by atoms with Crippen LogP contribution in [0.3, 0.4) is 0 Å². The zero-order valence-electron chi connectivity index (χ0n) is 21.4. The van der Waals surface area contributed by atoms with Crippen molar-refractivity contribution in [3.63, 3.8) is 0 Å². The second kappa shape index (κ2) is 24.3. The van der Waals surface area contributed by atoms with Gasteiger partial charge >= 0.3 is 0 Å². The predicted octanol–water partition coefficient (Wildman–Crippen LogP) is 4.41. The van der Waals surface area contributed by atoms with Crippen molar-refractivity contribution in [2.75, 3.05) is 33.7 Å². The van der Waals surface area contributed by atoms with E-state index in [1.165, 1.54) is 103 Å². The van der Waals surface area contributed by atoms with Crippen molar-refractivity contribution in [3.05, 3.63) is 12.7 Å². The van der Waals surface area contributed by atoms with Crippen LogP contribution in [0, 0.1) is 0 Å². The van der Waals surface area contributed by atoms with Crippen LogP contribution in [0.1, 0.15) is 122 Å². The van der Waals surface area contributed by atoms with E-state index in [4.69, 9.17) is 0 Å². The largest absolute Gasteiger partial charge is 1.00 e. The van der Waals surface area contributed by atoms with Gasteiger partial charge in [-0.15, -0.1) is 6.58 Å². The van der Waals surface area contributed by atoms with E-state index in [0.717, 1.165) is 30.4 Å². The van der Waals surface area contributed by atoms with Crippen molar-refractivity contribution in [2.45, 2.75) is 122 Å². The highest BCUT2D eigenvalue weighted by Gasteiger charge is 2.14. The lowest BCUT2D eigenvalue weighted by molar-refractivity contribution is -0.889. The third-order valence-electron chi connectivity index (χ3n) is 6.22. The number of nitrogens with zero attached hydrogens (tertiary/aromatic N) is 1. The molecule has 0 aromatic rings. The number of unbranched alkanes of at least 4 members (excludes halogenated alkanes) is 15. The van der Waals surface area contributed by atoms with Crippen molar-refractivity contribution in [1.29, 1.82) is 0 Å². The summed E-state index contributed by atoms with van der Waals surface area (Å²) in [5.41, 5.74) is 0. The second-order valence-corrected chi connectivity index (χ2v) is 9.86. The Balaban J connectivity index is 0. The number of hydrogen-bond donors (Lipinski definition) is 1. The molecular formula is C27H55BrN2O. The smallest absolute Gasteiger partial charge is 0.220 e. The molecule has 1 amide bonds. The Morgan fingerprint density at radius 1 is 0.742 bits per heavy atom. The summed E-state index contributed by atoms with van der Waals surface area (Å²) in [5, 5.41) is 3.13. The summed E-state index contributed by atoms with van der Waals surface area (Å²) in [6.45, 7) is 9.11. The monoisotopic (exact) mass is 502 g/mol. The van der Waals surface area contributed by atoms with Crippen LogP contribution < -0.4 is 22.3 Å². The Hall–Kier alpha value is -0.350. The van der Waals surface area contributed by atoms with Crippen molar-refractivity contribution in [2.24, 2.45) is 0 Å². The number of carbonyl (C=O) groups is 1. The Kier molecular flexibility index (Phi) is 25.7. The molecule has 0 aromatic carbocycles. The summed E-state index contributed by atoms with van der Waals surface area (Å²) in [6.07, 6.45) is 25.1. The molecule has 186 valence electrons. The minimum absolute atomic E-state index is 0. The van der Waals surface area contributed by atoms with Gasteiger partial charge in [-0.1, -0.05) is 90.0 Å². The quantitative estimate of drug-likeness (QED) is 0.125. The molecule has 0 saturated carbocycles. The Morgan fingerprint density at radius 3 is 1.77 bits per heavy atom. The lowest BCUT2D eigenvalue weighted by Crippen LogP contribution is -3.00. The number of rotatable bonds is 23. The Morgan fingerprint density at radius 2 is 1.23 bits per heavy atom. The SMILES string of the molecule is C=CCCCCCCCCC(=O)NCC[N+](C)(C)CCCCCCCCCCCC.[Br-]. The molecule has 0 rings (SSSR count). The van der Waals surface area contributed by atoms with Crippen LogP contribution in [0.4, 0.5) is 0 Å². The van der Waals surface area contributed by atoms with E-state index in [1.807, 2.05) is 6.08 Å². The standard InChI is InChI=1S/C27H54N2O.BrH/c1-5-7-9-11-13-15-16-18-20-22-25-29(3,4)26-24-28-27(30)23-21-19-17-14-12-10-8-6-2;/h6H,2,5,7-26H2,1,3-4H3;1H. The van der Waals surface area contributed by atoms with Gasteiger partial charge < -0.3 is 26.8 Å². The molecule has 3 nitrogen and oxygen atoms in total. The molecule has 0 radical (unpaired) electrons. The van der Waals surface area contributed by atoms with E-state index in [9.17, 15) is 4.79 Å². The van der Waals surface area contributed by atoms with E-state index in [0.29, 0.717) is 6.42 Å². The van der Waals surface area contributed by atoms with Gasteiger partial charge in [0.2, 0.25) is 5.91 Å². The Bertz CT molecular complexity index is 399. The molecule has 0 bridgehead atoms. The van der Waals surface area contributed by atoms with Gasteiger partial charge in [0, 0.05) is 6.42 Å². The normalized spacial score (nSPS) is 11.2. The molecule has 0 unspecified atom stereocenters. The number of amides is 1. The summed E-state index contributed by atoms with van der Waals surface area (Å²) in [4.78, 5) is 12.0. The lowest BCUT2D eigenvalue weighted by Gasteiger charge is -2.30. The minimum Gasteiger partial charge on any atom is -1.00 e. The van der Waals surface area contributed by atoms with E-state index in [2.05, 4.69) is 32.9 Å². The van der Waals surface area contributed by atoms with Gasteiger partial charge in [0.15, 0.2) is 0 Å². The highest BCUT2D eigenvalue weighted by Crippen LogP contribution is 2.12. The van der Waals surface area contributed by atoms with E-state index < -0.39 is 0 Å². The fraction of sp³-hybridized carbons (Fsp3) is 0.889. The van der Waals surface area contributed by atoms with Crippen molar-refractivity contribution < 1.29 is 26.3 Å². The summed E-state index contributed by atoms with van der Waals surface area (Å²) in [7, 11) is 4.60. The molecule has 0 heterocycles. The minimum atomic E-state index is 0. The maximum absolute atomic E-state index is 12.0. The summed E-state index contributed by atoms with van der Waals surface area (Å²) in [6, 6.07) is 0. The third-order valence-corrected chi connectivity index (χ3v) is 6.22. The summed E-state index contributed by atoms with van der Waals surface area (Å²) < 4.78 is 1.02. The maximum Gasteiger partial charge on any atom is 0.220 e. The first-order valence-corrected chi connectivity index (χ1v) is 13.2. The van der Waals surface area contributed by atoms with Crippen LogP contribution in [-0.2, 0) is 4.79 Å². The molecule has 0 fully saturated rings. The van der Waals surface area contributed by atoms with E-state index >= 15 is 0 Å². The van der Waals surface area contributed by atoms with Crippen LogP contribution in [0.25, 0.3) is 0 Å². The van der Waals surface area contributed by atoms with Gasteiger partial charge in [0.1, 0.15) is 0 Å². The van der Waals surface area contributed by atoms with Crippen molar-refractivity contribution >= 4 is 5.91 Å². The van der Waals surface area contributed by atoms with Gasteiger partial charge in [0.25, 0.3) is 0 Å². The number of nitrogens with one attached hydrogen (secondary N) is 1. The first-order chi connectivity index (χ1) is 14.5. The highest BCUT2D eigenvalue weighted by molar-refractivity contribution is 5.75. The van der Waals surface area contributed by atoms with Crippen LogP contribution in [0.5, 0.6) is 0 Å². The lowest BCUT2D eigenvalue weighted by atomic mass is 10.1. The van der Waals surface area contributed by atoms with Crippen molar-refractivity contribution in [3.8, 4) is 0 Å². The van der Waals surface area contributed by atoms with Gasteiger partial charge in [-0.2, -0.15) is 0 Å². The molecule has 0 aliphatic carbocycles.